The fourth-order valence-electron chi connectivity index (χ4n) is 2.49. The summed E-state index contributed by atoms with van der Waals surface area (Å²) < 4.78 is 0. The first-order valence-electron chi connectivity index (χ1n) is 6.11. The van der Waals surface area contributed by atoms with Gasteiger partial charge in [0, 0.05) is 17.9 Å². The van der Waals surface area contributed by atoms with E-state index in [0.717, 1.165) is 6.42 Å². The first-order chi connectivity index (χ1) is 8.91. The van der Waals surface area contributed by atoms with Crippen molar-refractivity contribution in [1.82, 2.24) is 0 Å². The lowest BCUT2D eigenvalue weighted by Gasteiger charge is -2.25. The van der Waals surface area contributed by atoms with Gasteiger partial charge in [-0.05, 0) is 37.5 Å². The van der Waals surface area contributed by atoms with Gasteiger partial charge >= 0.3 is 5.97 Å². The number of nitrogens with two attached hydrogens (primary N) is 2. The predicted octanol–water partition coefficient (Wildman–Crippen LogP) is 0.730. The number of aryl methyl sites for hydroxylation is 1. The average Bonchev–Trinajstić information content (AvgIpc) is 2.81. The van der Waals surface area contributed by atoms with Crippen molar-refractivity contribution in [1.29, 1.82) is 0 Å². The van der Waals surface area contributed by atoms with Crippen LogP contribution in [0, 0.1) is 6.92 Å². The van der Waals surface area contributed by atoms with Crippen molar-refractivity contribution in [2.45, 2.75) is 25.8 Å². The standard InChI is InChI=1S/C13H17N3O3/c1-7-5-8(6-9(11(7)14)13(18)19)16-4-2-3-10(16)12(15)17/h5-6,10H,2-4,14H2,1H3,(H2,15,17)(H,18,19). The Balaban J connectivity index is 2.45. The number of carbonyl (C=O) groups is 2. The van der Waals surface area contributed by atoms with Crippen molar-refractivity contribution < 1.29 is 14.7 Å². The molecular weight excluding hydrogens is 246 g/mol. The first-order valence-corrected chi connectivity index (χ1v) is 6.11. The third-order valence-electron chi connectivity index (χ3n) is 3.51. The van der Waals surface area contributed by atoms with E-state index in [4.69, 9.17) is 16.6 Å². The Hall–Kier alpha value is -2.24. The minimum Gasteiger partial charge on any atom is -0.478 e. The Bertz CT molecular complexity index is 542. The average molecular weight is 263 g/mol. The van der Waals surface area contributed by atoms with Crippen LogP contribution in [0.5, 0.6) is 0 Å². The Kier molecular flexibility index (Phi) is 3.33. The molecule has 5 N–H and O–H groups in total. The number of aromatic carboxylic acids is 1. The van der Waals surface area contributed by atoms with Crippen LogP contribution in [-0.4, -0.2) is 29.6 Å². The van der Waals surface area contributed by atoms with Crippen LogP contribution in [-0.2, 0) is 4.79 Å². The van der Waals surface area contributed by atoms with Crippen molar-refractivity contribution in [3.63, 3.8) is 0 Å². The molecule has 1 saturated heterocycles. The highest BCUT2D eigenvalue weighted by atomic mass is 16.4. The number of nitrogen functional groups attached to an aromatic ring is 1. The maximum Gasteiger partial charge on any atom is 0.337 e. The molecule has 1 fully saturated rings. The van der Waals surface area contributed by atoms with E-state index in [2.05, 4.69) is 0 Å². The molecular formula is C13H17N3O3. The number of carboxylic acids is 1. The van der Waals surface area contributed by atoms with Crippen LogP contribution in [0.2, 0.25) is 0 Å². The van der Waals surface area contributed by atoms with Crippen molar-refractivity contribution in [2.75, 3.05) is 17.2 Å². The van der Waals surface area contributed by atoms with Crippen LogP contribution in [0.4, 0.5) is 11.4 Å². The molecule has 1 aromatic carbocycles. The third-order valence-corrected chi connectivity index (χ3v) is 3.51. The SMILES string of the molecule is Cc1cc(N2CCCC2C(N)=O)cc(C(=O)O)c1N. The van der Waals surface area contributed by atoms with Crippen LogP contribution >= 0.6 is 0 Å². The lowest BCUT2D eigenvalue weighted by Crippen LogP contribution is -2.40. The number of rotatable bonds is 3. The van der Waals surface area contributed by atoms with Crippen molar-refractivity contribution in [3.8, 4) is 0 Å². The summed E-state index contributed by atoms with van der Waals surface area (Å²) in [5, 5.41) is 9.14. The number of hydrogen-bond acceptors (Lipinski definition) is 4. The molecule has 0 saturated carbocycles. The van der Waals surface area contributed by atoms with Gasteiger partial charge in [-0.15, -0.1) is 0 Å². The molecule has 1 heterocycles. The predicted molar refractivity (Wildman–Crippen MR) is 72.1 cm³/mol. The molecule has 1 aliphatic rings. The molecule has 6 nitrogen and oxygen atoms in total. The zero-order valence-corrected chi connectivity index (χ0v) is 10.7. The molecule has 1 amide bonds. The summed E-state index contributed by atoms with van der Waals surface area (Å²) in [7, 11) is 0. The number of benzene rings is 1. The Morgan fingerprint density at radius 3 is 2.68 bits per heavy atom. The summed E-state index contributed by atoms with van der Waals surface area (Å²) in [6.07, 6.45) is 1.56. The number of amides is 1. The quantitative estimate of drug-likeness (QED) is 0.696. The molecule has 1 unspecified atom stereocenters. The van der Waals surface area contributed by atoms with Crippen LogP contribution in [0.15, 0.2) is 12.1 Å². The second-order valence-corrected chi connectivity index (χ2v) is 4.78. The smallest absolute Gasteiger partial charge is 0.337 e. The summed E-state index contributed by atoms with van der Waals surface area (Å²) in [6, 6.07) is 2.93. The monoisotopic (exact) mass is 263 g/mol. The summed E-state index contributed by atoms with van der Waals surface area (Å²) in [5.41, 5.74) is 12.8. The Morgan fingerprint density at radius 2 is 2.11 bits per heavy atom. The highest BCUT2D eigenvalue weighted by Crippen LogP contribution is 2.30. The van der Waals surface area contributed by atoms with Gasteiger partial charge in [-0.3, -0.25) is 4.79 Å². The van der Waals surface area contributed by atoms with Gasteiger partial charge in [-0.2, -0.15) is 0 Å². The van der Waals surface area contributed by atoms with E-state index >= 15 is 0 Å². The van der Waals surface area contributed by atoms with E-state index in [9.17, 15) is 9.59 Å². The summed E-state index contributed by atoms with van der Waals surface area (Å²) >= 11 is 0. The molecule has 0 spiro atoms. The second kappa shape index (κ2) is 4.79. The van der Waals surface area contributed by atoms with Crippen molar-refractivity contribution in [2.24, 2.45) is 5.73 Å². The van der Waals surface area contributed by atoms with Crippen LogP contribution in [0.1, 0.15) is 28.8 Å². The zero-order chi connectivity index (χ0) is 14.2. The molecule has 0 aromatic heterocycles. The largest absolute Gasteiger partial charge is 0.478 e. The molecule has 19 heavy (non-hydrogen) atoms. The zero-order valence-electron chi connectivity index (χ0n) is 10.7. The molecule has 0 radical (unpaired) electrons. The van der Waals surface area contributed by atoms with E-state index < -0.39 is 5.97 Å². The van der Waals surface area contributed by atoms with Crippen LogP contribution < -0.4 is 16.4 Å². The fourth-order valence-corrected chi connectivity index (χ4v) is 2.49. The number of anilines is 2. The minimum absolute atomic E-state index is 0.0603. The third kappa shape index (κ3) is 2.33. The van der Waals surface area contributed by atoms with E-state index in [1.54, 1.807) is 13.0 Å². The van der Waals surface area contributed by atoms with Gasteiger partial charge in [0.2, 0.25) is 5.91 Å². The molecule has 1 atom stereocenters. The molecule has 1 aliphatic heterocycles. The maximum atomic E-state index is 11.4. The normalized spacial score (nSPS) is 18.6. The second-order valence-electron chi connectivity index (χ2n) is 4.78. The molecule has 6 heteroatoms. The van der Waals surface area contributed by atoms with E-state index in [-0.39, 0.29) is 23.2 Å². The molecule has 0 bridgehead atoms. The van der Waals surface area contributed by atoms with Gasteiger partial charge in [0.1, 0.15) is 6.04 Å². The van der Waals surface area contributed by atoms with E-state index in [0.29, 0.717) is 24.2 Å². The lowest BCUT2D eigenvalue weighted by atomic mass is 10.1. The Morgan fingerprint density at radius 1 is 1.42 bits per heavy atom. The molecule has 2 rings (SSSR count). The van der Waals surface area contributed by atoms with Gasteiger partial charge < -0.3 is 21.5 Å². The fraction of sp³-hybridized carbons (Fsp3) is 0.385. The lowest BCUT2D eigenvalue weighted by molar-refractivity contribution is -0.119. The van der Waals surface area contributed by atoms with Gasteiger partial charge in [-0.25, -0.2) is 4.79 Å². The highest BCUT2D eigenvalue weighted by Gasteiger charge is 2.30. The number of carboxylic acid groups (broad SMARTS) is 1. The Labute approximate surface area is 111 Å². The topological polar surface area (TPSA) is 110 Å². The van der Waals surface area contributed by atoms with Crippen molar-refractivity contribution in [3.05, 3.63) is 23.3 Å². The van der Waals surface area contributed by atoms with Crippen molar-refractivity contribution >= 4 is 23.3 Å². The van der Waals surface area contributed by atoms with Gasteiger partial charge in [-0.1, -0.05) is 0 Å². The van der Waals surface area contributed by atoms with Crippen LogP contribution in [0.3, 0.4) is 0 Å². The number of primary amides is 1. The molecule has 0 aliphatic carbocycles. The van der Waals surface area contributed by atoms with E-state index in [1.807, 2.05) is 4.90 Å². The van der Waals surface area contributed by atoms with Gasteiger partial charge in [0.15, 0.2) is 0 Å². The summed E-state index contributed by atoms with van der Waals surface area (Å²) in [5.74, 6) is -1.46. The number of nitrogens with zero attached hydrogens (tertiary/aromatic N) is 1. The number of carbonyl (C=O) groups excluding carboxylic acids is 1. The number of hydrogen-bond donors (Lipinski definition) is 3. The van der Waals surface area contributed by atoms with Crippen LogP contribution in [0.25, 0.3) is 0 Å². The molecule has 1 aromatic rings. The van der Waals surface area contributed by atoms with E-state index in [1.165, 1.54) is 6.07 Å². The summed E-state index contributed by atoms with van der Waals surface area (Å²) in [4.78, 5) is 24.4. The summed E-state index contributed by atoms with van der Waals surface area (Å²) in [6.45, 7) is 2.44. The van der Waals surface area contributed by atoms with Gasteiger partial charge in [0.05, 0.1) is 5.56 Å². The minimum atomic E-state index is -1.07. The van der Waals surface area contributed by atoms with Gasteiger partial charge in [0.25, 0.3) is 0 Å². The first kappa shape index (κ1) is 13.2. The molecule has 102 valence electrons. The maximum absolute atomic E-state index is 11.4. The highest BCUT2D eigenvalue weighted by molar-refractivity contribution is 5.96.